The van der Waals surface area contributed by atoms with E-state index in [1.165, 1.54) is 40.4 Å². The van der Waals surface area contributed by atoms with Crippen molar-refractivity contribution >= 4 is 39.1 Å². The van der Waals surface area contributed by atoms with E-state index in [-0.39, 0.29) is 37.6 Å². The maximum atomic E-state index is 12.7. The standard InChI is InChI=1S/C18H20Cl2N2O6S/c1-9-6-12(19)10(2)17(15(9)20)29(24,25)22-21-18(23)11-7-13(26-3)16(28-5)14(8-11)27-4/h6-8,22H,1-5H3,(H,21,23). The van der Waals surface area contributed by atoms with Crippen LogP contribution < -0.4 is 24.5 Å². The summed E-state index contributed by atoms with van der Waals surface area (Å²) in [4.78, 5) is 14.3. The maximum absolute atomic E-state index is 12.7. The number of amides is 1. The highest BCUT2D eigenvalue weighted by Gasteiger charge is 2.25. The Kier molecular flexibility index (Phi) is 7.23. The maximum Gasteiger partial charge on any atom is 0.266 e. The second kappa shape index (κ2) is 9.08. The molecule has 158 valence electrons. The van der Waals surface area contributed by atoms with Crippen LogP contribution in [-0.2, 0) is 10.0 Å². The average Bonchev–Trinajstić information content (AvgIpc) is 2.69. The third kappa shape index (κ3) is 4.69. The van der Waals surface area contributed by atoms with Gasteiger partial charge in [-0.1, -0.05) is 23.2 Å². The highest BCUT2D eigenvalue weighted by Crippen LogP contribution is 2.38. The van der Waals surface area contributed by atoms with Crippen molar-refractivity contribution in [1.82, 2.24) is 10.3 Å². The molecular weight excluding hydrogens is 443 g/mol. The fourth-order valence-electron chi connectivity index (χ4n) is 2.58. The smallest absolute Gasteiger partial charge is 0.266 e. The van der Waals surface area contributed by atoms with Crippen LogP contribution in [0.25, 0.3) is 0 Å². The van der Waals surface area contributed by atoms with E-state index in [1.54, 1.807) is 13.0 Å². The summed E-state index contributed by atoms with van der Waals surface area (Å²) in [6.45, 7) is 3.14. The molecule has 8 nitrogen and oxygen atoms in total. The second-order valence-electron chi connectivity index (χ2n) is 5.92. The van der Waals surface area contributed by atoms with Crippen molar-refractivity contribution in [3.05, 3.63) is 44.9 Å². The lowest BCUT2D eigenvalue weighted by Gasteiger charge is -2.16. The Morgan fingerprint density at radius 3 is 2.00 bits per heavy atom. The summed E-state index contributed by atoms with van der Waals surface area (Å²) in [5, 5.41) is 0.254. The quantitative estimate of drug-likeness (QED) is 0.612. The van der Waals surface area contributed by atoms with Crippen molar-refractivity contribution in [2.75, 3.05) is 21.3 Å². The first-order chi connectivity index (χ1) is 13.6. The molecule has 2 aromatic rings. The lowest BCUT2D eigenvalue weighted by Crippen LogP contribution is -2.42. The summed E-state index contributed by atoms with van der Waals surface area (Å²) in [5.41, 5.74) is 2.96. The van der Waals surface area contributed by atoms with Gasteiger partial charge in [-0.25, -0.2) is 8.42 Å². The number of carbonyl (C=O) groups is 1. The molecular formula is C18H20Cl2N2O6S. The number of methoxy groups -OCH3 is 3. The molecule has 1 amide bonds. The number of nitrogens with one attached hydrogen (secondary N) is 2. The molecule has 2 rings (SSSR count). The molecule has 0 heterocycles. The minimum absolute atomic E-state index is 0.0152. The van der Waals surface area contributed by atoms with Crippen LogP contribution in [0.3, 0.4) is 0 Å². The van der Waals surface area contributed by atoms with Gasteiger partial charge in [-0.3, -0.25) is 10.2 Å². The van der Waals surface area contributed by atoms with Crippen molar-refractivity contribution in [2.45, 2.75) is 18.7 Å². The molecule has 2 aromatic carbocycles. The minimum Gasteiger partial charge on any atom is -0.493 e. The number of halogens is 2. The number of benzene rings is 2. The highest BCUT2D eigenvalue weighted by atomic mass is 35.5. The van der Waals surface area contributed by atoms with Gasteiger partial charge >= 0.3 is 0 Å². The van der Waals surface area contributed by atoms with Crippen LogP contribution in [0.5, 0.6) is 17.2 Å². The Morgan fingerprint density at radius 1 is 0.966 bits per heavy atom. The van der Waals surface area contributed by atoms with Crippen LogP contribution in [0, 0.1) is 13.8 Å². The van der Waals surface area contributed by atoms with Crippen molar-refractivity contribution in [2.24, 2.45) is 0 Å². The number of rotatable bonds is 7. The van der Waals surface area contributed by atoms with Crippen LogP contribution in [0.15, 0.2) is 23.1 Å². The van der Waals surface area contributed by atoms with E-state index >= 15 is 0 Å². The first-order valence-electron chi connectivity index (χ1n) is 8.14. The number of sulfonamides is 1. The predicted octanol–water partition coefficient (Wildman–Crippen LogP) is 3.26. The van der Waals surface area contributed by atoms with E-state index in [0.717, 1.165) is 0 Å². The van der Waals surface area contributed by atoms with E-state index in [1.807, 2.05) is 4.83 Å². The van der Waals surface area contributed by atoms with Gasteiger partial charge in [0.15, 0.2) is 11.5 Å². The van der Waals surface area contributed by atoms with Gasteiger partial charge in [0, 0.05) is 10.6 Å². The average molecular weight is 463 g/mol. The molecule has 0 aliphatic heterocycles. The van der Waals surface area contributed by atoms with Gasteiger partial charge in [0.05, 0.1) is 26.4 Å². The van der Waals surface area contributed by atoms with E-state index in [2.05, 4.69) is 5.43 Å². The zero-order chi connectivity index (χ0) is 21.9. The first kappa shape index (κ1) is 23.1. The van der Waals surface area contributed by atoms with Gasteiger partial charge in [0.1, 0.15) is 4.90 Å². The second-order valence-corrected chi connectivity index (χ2v) is 8.32. The van der Waals surface area contributed by atoms with Crippen LogP contribution in [-0.4, -0.2) is 35.7 Å². The molecule has 2 N–H and O–H groups in total. The fourth-order valence-corrected chi connectivity index (χ4v) is 4.64. The molecule has 0 atom stereocenters. The van der Waals surface area contributed by atoms with E-state index in [0.29, 0.717) is 11.3 Å². The van der Waals surface area contributed by atoms with Crippen LogP contribution >= 0.6 is 23.2 Å². The fraction of sp³-hybridized carbons (Fsp3) is 0.278. The lowest BCUT2D eigenvalue weighted by atomic mass is 10.1. The predicted molar refractivity (Wildman–Crippen MR) is 110 cm³/mol. The van der Waals surface area contributed by atoms with Crippen LogP contribution in [0.2, 0.25) is 10.0 Å². The zero-order valence-corrected chi connectivity index (χ0v) is 18.7. The summed E-state index contributed by atoms with van der Waals surface area (Å²) < 4.78 is 41.0. The zero-order valence-electron chi connectivity index (χ0n) is 16.3. The Morgan fingerprint density at radius 2 is 1.52 bits per heavy atom. The molecule has 0 aliphatic rings. The molecule has 29 heavy (non-hydrogen) atoms. The van der Waals surface area contributed by atoms with Crippen molar-refractivity contribution in [1.29, 1.82) is 0 Å². The number of carbonyl (C=O) groups excluding carboxylic acids is 1. The summed E-state index contributed by atoms with van der Waals surface area (Å²) in [6, 6.07) is 4.33. The summed E-state index contributed by atoms with van der Waals surface area (Å²) >= 11 is 12.2. The van der Waals surface area contributed by atoms with Gasteiger partial charge < -0.3 is 14.2 Å². The lowest BCUT2D eigenvalue weighted by molar-refractivity contribution is 0.0944. The highest BCUT2D eigenvalue weighted by molar-refractivity contribution is 7.89. The minimum atomic E-state index is -4.20. The number of hydrazine groups is 1. The third-order valence-electron chi connectivity index (χ3n) is 4.08. The number of hydrogen-bond donors (Lipinski definition) is 2. The summed E-state index contributed by atoms with van der Waals surface area (Å²) in [7, 11) is 0.0180. The third-order valence-corrected chi connectivity index (χ3v) is 6.49. The molecule has 0 saturated heterocycles. The Bertz CT molecular complexity index is 1010. The first-order valence-corrected chi connectivity index (χ1v) is 10.4. The Balaban J connectivity index is 2.34. The van der Waals surface area contributed by atoms with Crippen molar-refractivity contribution in [3.8, 4) is 17.2 Å². The van der Waals surface area contributed by atoms with Gasteiger partial charge in [-0.05, 0) is 43.2 Å². The van der Waals surface area contributed by atoms with Crippen LogP contribution in [0.4, 0.5) is 0 Å². The summed E-state index contributed by atoms with van der Waals surface area (Å²) in [5.74, 6) is 0.0257. The summed E-state index contributed by atoms with van der Waals surface area (Å²) in [6.07, 6.45) is 0. The largest absolute Gasteiger partial charge is 0.493 e. The van der Waals surface area contributed by atoms with E-state index in [9.17, 15) is 13.2 Å². The van der Waals surface area contributed by atoms with Gasteiger partial charge in [0.2, 0.25) is 5.75 Å². The molecule has 0 saturated carbocycles. The molecule has 0 fully saturated rings. The Labute approximate surface area is 179 Å². The number of aryl methyl sites for hydroxylation is 1. The van der Waals surface area contributed by atoms with Gasteiger partial charge in [-0.15, -0.1) is 4.83 Å². The van der Waals surface area contributed by atoms with Gasteiger partial charge in [-0.2, -0.15) is 0 Å². The normalized spacial score (nSPS) is 11.1. The monoisotopic (exact) mass is 462 g/mol. The van der Waals surface area contributed by atoms with E-state index in [4.69, 9.17) is 37.4 Å². The van der Waals surface area contributed by atoms with E-state index < -0.39 is 15.9 Å². The molecule has 11 heteroatoms. The number of hydrogen-bond acceptors (Lipinski definition) is 6. The molecule has 0 aromatic heterocycles. The number of ether oxygens (including phenoxy) is 3. The molecule has 0 aliphatic carbocycles. The van der Waals surface area contributed by atoms with Crippen molar-refractivity contribution in [3.63, 3.8) is 0 Å². The topological polar surface area (TPSA) is 103 Å². The Hall–Kier alpha value is -2.20. The van der Waals surface area contributed by atoms with Crippen LogP contribution in [0.1, 0.15) is 21.5 Å². The SMILES string of the molecule is COc1cc(C(=O)NNS(=O)(=O)c2c(C)c(Cl)cc(C)c2Cl)cc(OC)c1OC. The van der Waals surface area contributed by atoms with Crippen molar-refractivity contribution < 1.29 is 27.4 Å². The molecule has 0 spiro atoms. The molecule has 0 unspecified atom stereocenters. The van der Waals surface area contributed by atoms with Gasteiger partial charge in [0.25, 0.3) is 15.9 Å². The molecule has 0 radical (unpaired) electrons. The molecule has 0 bridgehead atoms.